The topological polar surface area (TPSA) is 65.2 Å². The number of nitrogens with zero attached hydrogens (tertiary/aromatic N) is 2. The van der Waals surface area contributed by atoms with E-state index in [0.717, 1.165) is 23.1 Å². The second-order valence-electron chi connectivity index (χ2n) is 4.64. The maximum absolute atomic E-state index is 12.6. The SMILES string of the molecule is O=C(OCc1nc(-c2cccs2)no1)c1cccc(C(F)(F)F)c1. The van der Waals surface area contributed by atoms with Crippen molar-refractivity contribution in [3.8, 4) is 10.7 Å². The second kappa shape index (κ2) is 6.44. The highest BCUT2D eigenvalue weighted by molar-refractivity contribution is 7.13. The number of alkyl halides is 3. The molecular formula is C15H9F3N2O3S. The lowest BCUT2D eigenvalue weighted by molar-refractivity contribution is -0.137. The number of benzene rings is 1. The average molecular weight is 354 g/mol. The van der Waals surface area contributed by atoms with Gasteiger partial charge in [-0.2, -0.15) is 18.2 Å². The first-order valence-corrected chi connectivity index (χ1v) is 7.52. The highest BCUT2D eigenvalue weighted by atomic mass is 32.1. The van der Waals surface area contributed by atoms with Gasteiger partial charge in [-0.15, -0.1) is 11.3 Å². The van der Waals surface area contributed by atoms with Crippen molar-refractivity contribution in [3.05, 3.63) is 58.8 Å². The number of hydrogen-bond donors (Lipinski definition) is 0. The molecule has 1 aromatic carbocycles. The molecule has 0 saturated carbocycles. The third kappa shape index (κ3) is 3.62. The van der Waals surface area contributed by atoms with E-state index >= 15 is 0 Å². The molecule has 0 fully saturated rings. The fourth-order valence-corrected chi connectivity index (χ4v) is 2.50. The van der Waals surface area contributed by atoms with E-state index in [4.69, 9.17) is 9.26 Å². The van der Waals surface area contributed by atoms with Gasteiger partial charge in [0.1, 0.15) is 0 Å². The van der Waals surface area contributed by atoms with E-state index in [1.165, 1.54) is 17.4 Å². The Morgan fingerprint density at radius 2 is 2.08 bits per heavy atom. The van der Waals surface area contributed by atoms with E-state index in [0.29, 0.717) is 5.82 Å². The van der Waals surface area contributed by atoms with Gasteiger partial charge in [-0.1, -0.05) is 17.3 Å². The van der Waals surface area contributed by atoms with Crippen LogP contribution in [0.4, 0.5) is 13.2 Å². The van der Waals surface area contributed by atoms with Crippen LogP contribution in [0.2, 0.25) is 0 Å². The Kier molecular flexibility index (Phi) is 4.34. The largest absolute Gasteiger partial charge is 0.452 e. The highest BCUT2D eigenvalue weighted by Crippen LogP contribution is 2.29. The summed E-state index contributed by atoms with van der Waals surface area (Å²) in [7, 11) is 0. The van der Waals surface area contributed by atoms with Crippen LogP contribution >= 0.6 is 11.3 Å². The normalized spacial score (nSPS) is 11.5. The maximum Gasteiger partial charge on any atom is 0.416 e. The zero-order valence-electron chi connectivity index (χ0n) is 11.9. The van der Waals surface area contributed by atoms with Gasteiger partial charge in [-0.05, 0) is 29.6 Å². The monoisotopic (exact) mass is 354 g/mol. The molecular weight excluding hydrogens is 345 g/mol. The molecule has 0 aliphatic rings. The van der Waals surface area contributed by atoms with Crippen LogP contribution in [0.15, 0.2) is 46.3 Å². The summed E-state index contributed by atoms with van der Waals surface area (Å²) in [5, 5.41) is 5.59. The smallest absolute Gasteiger partial charge is 0.416 e. The summed E-state index contributed by atoms with van der Waals surface area (Å²) in [5.41, 5.74) is -1.13. The molecule has 0 amide bonds. The molecule has 3 rings (SSSR count). The number of esters is 1. The standard InChI is InChI=1S/C15H9F3N2O3S/c16-15(17,18)10-4-1-3-9(7-10)14(21)22-8-12-19-13(20-23-12)11-5-2-6-24-11/h1-7H,8H2. The number of rotatable bonds is 4. The van der Waals surface area contributed by atoms with Crippen molar-refractivity contribution >= 4 is 17.3 Å². The molecule has 124 valence electrons. The van der Waals surface area contributed by atoms with E-state index < -0.39 is 17.7 Å². The van der Waals surface area contributed by atoms with Gasteiger partial charge >= 0.3 is 12.1 Å². The molecule has 9 heteroatoms. The van der Waals surface area contributed by atoms with Gasteiger partial charge in [0.25, 0.3) is 5.89 Å². The minimum atomic E-state index is -4.53. The molecule has 5 nitrogen and oxygen atoms in total. The molecule has 2 aromatic heterocycles. The Balaban J connectivity index is 1.66. The van der Waals surface area contributed by atoms with Crippen molar-refractivity contribution < 1.29 is 27.2 Å². The molecule has 2 heterocycles. The summed E-state index contributed by atoms with van der Waals surface area (Å²) < 4.78 is 47.8. The number of carbonyl (C=O) groups excluding carboxylic acids is 1. The maximum atomic E-state index is 12.6. The first-order chi connectivity index (χ1) is 11.4. The predicted octanol–water partition coefficient (Wildman–Crippen LogP) is 4.17. The first-order valence-electron chi connectivity index (χ1n) is 6.64. The van der Waals surface area contributed by atoms with Crippen molar-refractivity contribution in [1.29, 1.82) is 0 Å². The van der Waals surface area contributed by atoms with E-state index in [2.05, 4.69) is 10.1 Å². The molecule has 0 aliphatic carbocycles. The van der Waals surface area contributed by atoms with Crippen molar-refractivity contribution in [1.82, 2.24) is 10.1 Å². The predicted molar refractivity (Wildman–Crippen MR) is 78.2 cm³/mol. The molecule has 0 radical (unpaired) electrons. The van der Waals surface area contributed by atoms with E-state index in [1.54, 1.807) is 6.07 Å². The van der Waals surface area contributed by atoms with E-state index in [1.807, 2.05) is 11.4 Å². The molecule has 0 bridgehead atoms. The highest BCUT2D eigenvalue weighted by Gasteiger charge is 2.31. The lowest BCUT2D eigenvalue weighted by atomic mass is 10.1. The van der Waals surface area contributed by atoms with Crippen molar-refractivity contribution in [2.24, 2.45) is 0 Å². The average Bonchev–Trinajstić information content (AvgIpc) is 3.23. The summed E-state index contributed by atoms with van der Waals surface area (Å²) >= 11 is 1.42. The minimum Gasteiger partial charge on any atom is -0.452 e. The Hall–Kier alpha value is -2.68. The molecule has 0 spiro atoms. The van der Waals surface area contributed by atoms with Crippen LogP contribution < -0.4 is 0 Å². The Bertz CT molecular complexity index is 844. The fourth-order valence-electron chi connectivity index (χ4n) is 1.85. The number of aromatic nitrogens is 2. The zero-order valence-corrected chi connectivity index (χ0v) is 12.7. The number of ether oxygens (including phenoxy) is 1. The Labute approximate surface area is 137 Å². The fraction of sp³-hybridized carbons (Fsp3) is 0.133. The summed E-state index contributed by atoms with van der Waals surface area (Å²) in [5.74, 6) is -0.495. The molecule has 0 aliphatic heterocycles. The summed E-state index contributed by atoms with van der Waals surface area (Å²) in [6.07, 6.45) is -4.53. The van der Waals surface area contributed by atoms with Crippen LogP contribution in [-0.4, -0.2) is 16.1 Å². The third-order valence-electron chi connectivity index (χ3n) is 2.96. The number of carbonyl (C=O) groups is 1. The molecule has 0 unspecified atom stereocenters. The molecule has 0 N–H and O–H groups in total. The van der Waals surface area contributed by atoms with Crippen LogP contribution in [0.1, 0.15) is 21.8 Å². The van der Waals surface area contributed by atoms with Crippen molar-refractivity contribution in [2.45, 2.75) is 12.8 Å². The summed E-state index contributed by atoms with van der Waals surface area (Å²) in [6, 6.07) is 7.61. The Morgan fingerprint density at radius 1 is 1.25 bits per heavy atom. The van der Waals surface area contributed by atoms with Crippen molar-refractivity contribution in [3.63, 3.8) is 0 Å². The number of thiophene rings is 1. The molecule has 0 atom stereocenters. The molecule has 3 aromatic rings. The number of halogens is 3. The van der Waals surface area contributed by atoms with Crippen LogP contribution in [0.5, 0.6) is 0 Å². The van der Waals surface area contributed by atoms with Gasteiger partial charge in [0.05, 0.1) is 16.0 Å². The van der Waals surface area contributed by atoms with E-state index in [-0.39, 0.29) is 18.1 Å². The first kappa shape index (κ1) is 16.2. The van der Waals surface area contributed by atoms with Crippen molar-refractivity contribution in [2.75, 3.05) is 0 Å². The van der Waals surface area contributed by atoms with E-state index in [9.17, 15) is 18.0 Å². The zero-order chi connectivity index (χ0) is 17.2. The van der Waals surface area contributed by atoms with Crippen LogP contribution in [-0.2, 0) is 17.5 Å². The molecule has 0 saturated heterocycles. The minimum absolute atomic E-state index is 0.0544. The summed E-state index contributed by atoms with van der Waals surface area (Å²) in [6.45, 7) is -0.326. The van der Waals surface area contributed by atoms with Gasteiger partial charge in [0.15, 0.2) is 6.61 Å². The second-order valence-corrected chi connectivity index (χ2v) is 5.59. The van der Waals surface area contributed by atoms with Crippen LogP contribution in [0, 0.1) is 0 Å². The van der Waals surface area contributed by atoms with Gasteiger partial charge in [0, 0.05) is 0 Å². The van der Waals surface area contributed by atoms with Gasteiger partial charge in [-0.3, -0.25) is 0 Å². The van der Waals surface area contributed by atoms with Gasteiger partial charge < -0.3 is 9.26 Å². The lowest BCUT2D eigenvalue weighted by Crippen LogP contribution is -2.09. The van der Waals surface area contributed by atoms with Crippen LogP contribution in [0.25, 0.3) is 10.7 Å². The van der Waals surface area contributed by atoms with Crippen LogP contribution in [0.3, 0.4) is 0 Å². The quantitative estimate of drug-likeness (QED) is 0.658. The van der Waals surface area contributed by atoms with Gasteiger partial charge in [0.2, 0.25) is 5.82 Å². The van der Waals surface area contributed by atoms with Gasteiger partial charge in [-0.25, -0.2) is 4.79 Å². The Morgan fingerprint density at radius 3 is 2.79 bits per heavy atom. The lowest BCUT2D eigenvalue weighted by Gasteiger charge is -2.08. The third-order valence-corrected chi connectivity index (χ3v) is 3.83. The number of hydrogen-bond acceptors (Lipinski definition) is 6. The summed E-state index contributed by atoms with van der Waals surface area (Å²) in [4.78, 5) is 16.7. The molecule has 24 heavy (non-hydrogen) atoms.